The number of nitrogens with one attached hydrogen (secondary N) is 1. The van der Waals surface area contributed by atoms with E-state index in [4.69, 9.17) is 9.47 Å². The molecule has 0 aliphatic rings. The van der Waals surface area contributed by atoms with Gasteiger partial charge in [0.15, 0.2) is 6.10 Å². The fourth-order valence-corrected chi connectivity index (χ4v) is 3.00. The minimum absolute atomic E-state index is 0.0807. The molecule has 0 aliphatic carbocycles. The standard InChI is InChI=1S/C20H25NO3S/c1-4-19(24-17-9-7-16(23-3)8-10-17)20(22)21-13-14-25-18-11-5-15(2)6-12-18/h5-12,19H,4,13-14H2,1-3H3,(H,21,22)/t19-/m0/s1. The fourth-order valence-electron chi connectivity index (χ4n) is 2.23. The molecule has 25 heavy (non-hydrogen) atoms. The van der Waals surface area contributed by atoms with Crippen LogP contribution in [0.4, 0.5) is 0 Å². The molecule has 0 unspecified atom stereocenters. The van der Waals surface area contributed by atoms with Gasteiger partial charge in [-0.05, 0) is 49.7 Å². The molecular formula is C20H25NO3S. The van der Waals surface area contributed by atoms with Crippen LogP contribution in [0, 0.1) is 6.92 Å². The van der Waals surface area contributed by atoms with E-state index in [0.29, 0.717) is 18.7 Å². The van der Waals surface area contributed by atoms with E-state index in [0.717, 1.165) is 11.5 Å². The van der Waals surface area contributed by atoms with Crippen molar-refractivity contribution in [2.24, 2.45) is 0 Å². The maximum absolute atomic E-state index is 12.3. The van der Waals surface area contributed by atoms with Gasteiger partial charge in [0.1, 0.15) is 11.5 Å². The molecule has 0 fully saturated rings. The predicted molar refractivity (Wildman–Crippen MR) is 103 cm³/mol. The maximum Gasteiger partial charge on any atom is 0.261 e. The van der Waals surface area contributed by atoms with Gasteiger partial charge in [0.2, 0.25) is 0 Å². The lowest BCUT2D eigenvalue weighted by atomic mass is 10.2. The predicted octanol–water partition coefficient (Wildman–Crippen LogP) is 4.07. The fraction of sp³-hybridized carbons (Fsp3) is 0.350. The second-order valence-electron chi connectivity index (χ2n) is 5.64. The van der Waals surface area contributed by atoms with Crippen molar-refractivity contribution in [1.82, 2.24) is 5.32 Å². The lowest BCUT2D eigenvalue weighted by molar-refractivity contribution is -0.127. The Hall–Kier alpha value is -2.14. The Morgan fingerprint density at radius 3 is 2.32 bits per heavy atom. The van der Waals surface area contributed by atoms with Gasteiger partial charge in [-0.1, -0.05) is 24.6 Å². The molecule has 1 N–H and O–H groups in total. The zero-order chi connectivity index (χ0) is 18.1. The quantitative estimate of drug-likeness (QED) is 0.542. The van der Waals surface area contributed by atoms with Gasteiger partial charge < -0.3 is 14.8 Å². The van der Waals surface area contributed by atoms with Crippen molar-refractivity contribution < 1.29 is 14.3 Å². The Morgan fingerprint density at radius 2 is 1.72 bits per heavy atom. The molecule has 0 bridgehead atoms. The number of methoxy groups -OCH3 is 1. The molecule has 0 saturated carbocycles. The van der Waals surface area contributed by atoms with E-state index in [2.05, 4.69) is 36.5 Å². The molecule has 0 aliphatic heterocycles. The van der Waals surface area contributed by atoms with Gasteiger partial charge in [0, 0.05) is 17.2 Å². The van der Waals surface area contributed by atoms with Gasteiger partial charge in [-0.2, -0.15) is 0 Å². The molecule has 4 nitrogen and oxygen atoms in total. The van der Waals surface area contributed by atoms with Crippen LogP contribution in [0.15, 0.2) is 53.4 Å². The average Bonchev–Trinajstić information content (AvgIpc) is 2.65. The summed E-state index contributed by atoms with van der Waals surface area (Å²) in [5.74, 6) is 2.17. The SMILES string of the molecule is CC[C@H](Oc1ccc(OC)cc1)C(=O)NCCSc1ccc(C)cc1. The van der Waals surface area contributed by atoms with Crippen molar-refractivity contribution in [2.45, 2.75) is 31.3 Å². The number of carbonyl (C=O) groups excluding carboxylic acids is 1. The number of aryl methyl sites for hydroxylation is 1. The third kappa shape index (κ3) is 6.35. The summed E-state index contributed by atoms with van der Waals surface area (Å²) in [5, 5.41) is 2.95. The van der Waals surface area contributed by atoms with Crippen LogP contribution in [-0.2, 0) is 4.79 Å². The first kappa shape index (κ1) is 19.2. The number of hydrogen-bond donors (Lipinski definition) is 1. The number of rotatable bonds is 9. The monoisotopic (exact) mass is 359 g/mol. The van der Waals surface area contributed by atoms with Crippen LogP contribution in [0.3, 0.4) is 0 Å². The minimum Gasteiger partial charge on any atom is -0.497 e. The summed E-state index contributed by atoms with van der Waals surface area (Å²) in [6.07, 6.45) is 0.126. The molecule has 0 heterocycles. The number of amides is 1. The Bertz CT molecular complexity index is 656. The van der Waals surface area contributed by atoms with E-state index in [-0.39, 0.29) is 5.91 Å². The Kier molecular flexibility index (Phi) is 7.67. The van der Waals surface area contributed by atoms with Crippen molar-refractivity contribution in [1.29, 1.82) is 0 Å². The summed E-state index contributed by atoms with van der Waals surface area (Å²) in [6.45, 7) is 4.62. The highest BCUT2D eigenvalue weighted by Crippen LogP contribution is 2.19. The van der Waals surface area contributed by atoms with Crippen LogP contribution in [0.25, 0.3) is 0 Å². The summed E-state index contributed by atoms with van der Waals surface area (Å²) in [4.78, 5) is 13.5. The third-order valence-electron chi connectivity index (χ3n) is 3.69. The molecule has 0 spiro atoms. The number of hydrogen-bond acceptors (Lipinski definition) is 4. The molecule has 0 saturated heterocycles. The Balaban J connectivity index is 1.75. The van der Waals surface area contributed by atoms with Crippen LogP contribution < -0.4 is 14.8 Å². The van der Waals surface area contributed by atoms with Gasteiger partial charge >= 0.3 is 0 Å². The first-order valence-corrected chi connectivity index (χ1v) is 9.39. The topological polar surface area (TPSA) is 47.6 Å². The number of thioether (sulfide) groups is 1. The average molecular weight is 359 g/mol. The number of carbonyl (C=O) groups is 1. The first-order chi connectivity index (χ1) is 12.1. The van der Waals surface area contributed by atoms with Gasteiger partial charge in [0.05, 0.1) is 7.11 Å². The van der Waals surface area contributed by atoms with Crippen LogP contribution in [0.5, 0.6) is 11.5 Å². The highest BCUT2D eigenvalue weighted by Gasteiger charge is 2.17. The van der Waals surface area contributed by atoms with E-state index in [1.165, 1.54) is 10.5 Å². The molecule has 2 aromatic carbocycles. The molecule has 134 valence electrons. The first-order valence-electron chi connectivity index (χ1n) is 8.40. The van der Waals surface area contributed by atoms with Crippen molar-refractivity contribution in [3.05, 3.63) is 54.1 Å². The van der Waals surface area contributed by atoms with E-state index < -0.39 is 6.10 Å². The zero-order valence-corrected chi connectivity index (χ0v) is 15.8. The summed E-state index contributed by atoms with van der Waals surface area (Å²) < 4.78 is 10.9. The summed E-state index contributed by atoms with van der Waals surface area (Å²) in [6, 6.07) is 15.6. The van der Waals surface area contributed by atoms with Crippen LogP contribution in [0.2, 0.25) is 0 Å². The minimum atomic E-state index is -0.488. The van der Waals surface area contributed by atoms with Gasteiger partial charge in [-0.15, -0.1) is 11.8 Å². The van der Waals surface area contributed by atoms with Crippen LogP contribution in [0.1, 0.15) is 18.9 Å². The van der Waals surface area contributed by atoms with Crippen LogP contribution in [-0.4, -0.2) is 31.4 Å². The van der Waals surface area contributed by atoms with E-state index in [1.54, 1.807) is 18.9 Å². The van der Waals surface area contributed by atoms with E-state index >= 15 is 0 Å². The van der Waals surface area contributed by atoms with E-state index in [9.17, 15) is 4.79 Å². The number of ether oxygens (including phenoxy) is 2. The molecular weight excluding hydrogens is 334 g/mol. The lowest BCUT2D eigenvalue weighted by Crippen LogP contribution is -2.39. The highest BCUT2D eigenvalue weighted by molar-refractivity contribution is 7.99. The Morgan fingerprint density at radius 1 is 1.08 bits per heavy atom. The molecule has 5 heteroatoms. The zero-order valence-electron chi connectivity index (χ0n) is 15.0. The van der Waals surface area contributed by atoms with Gasteiger partial charge in [-0.3, -0.25) is 4.79 Å². The maximum atomic E-state index is 12.3. The second kappa shape index (κ2) is 9.99. The normalized spacial score (nSPS) is 11.6. The van der Waals surface area contributed by atoms with E-state index in [1.807, 2.05) is 31.2 Å². The molecule has 1 atom stereocenters. The van der Waals surface area contributed by atoms with Crippen LogP contribution >= 0.6 is 11.8 Å². The summed E-state index contributed by atoms with van der Waals surface area (Å²) in [5.41, 5.74) is 1.25. The largest absolute Gasteiger partial charge is 0.497 e. The van der Waals surface area contributed by atoms with Gasteiger partial charge in [-0.25, -0.2) is 0 Å². The van der Waals surface area contributed by atoms with Crippen molar-refractivity contribution >= 4 is 17.7 Å². The van der Waals surface area contributed by atoms with Crippen molar-refractivity contribution in [3.8, 4) is 11.5 Å². The summed E-state index contributed by atoms with van der Waals surface area (Å²) >= 11 is 1.73. The molecule has 2 aromatic rings. The summed E-state index contributed by atoms with van der Waals surface area (Å²) in [7, 11) is 1.62. The lowest BCUT2D eigenvalue weighted by Gasteiger charge is -2.17. The second-order valence-corrected chi connectivity index (χ2v) is 6.81. The van der Waals surface area contributed by atoms with Gasteiger partial charge in [0.25, 0.3) is 5.91 Å². The highest BCUT2D eigenvalue weighted by atomic mass is 32.2. The third-order valence-corrected chi connectivity index (χ3v) is 4.71. The Labute approximate surface area is 153 Å². The van der Waals surface area contributed by atoms with Crippen molar-refractivity contribution in [3.63, 3.8) is 0 Å². The molecule has 1 amide bonds. The van der Waals surface area contributed by atoms with Crippen molar-refractivity contribution in [2.75, 3.05) is 19.4 Å². The molecule has 0 aromatic heterocycles. The smallest absolute Gasteiger partial charge is 0.261 e. The molecule has 2 rings (SSSR count). The number of benzene rings is 2. The molecule has 0 radical (unpaired) electrons.